The summed E-state index contributed by atoms with van der Waals surface area (Å²) in [6.07, 6.45) is -3.82. The minimum Gasteiger partial charge on any atom is -0.324 e. The van der Waals surface area contributed by atoms with Gasteiger partial charge in [0.1, 0.15) is 6.54 Å². The second-order valence-corrected chi connectivity index (χ2v) is 8.69. The van der Waals surface area contributed by atoms with Crippen molar-refractivity contribution in [1.29, 1.82) is 0 Å². The SMILES string of the molecule is Cc1cc(C)cc(N(CC(=O)Nc2ccc(Cl)cc2C(F)(F)F)S(C)(=O)=O)c1. The third-order valence-corrected chi connectivity index (χ3v) is 5.12. The molecule has 2 rings (SSSR count). The lowest BCUT2D eigenvalue weighted by Gasteiger charge is -2.23. The van der Waals surface area contributed by atoms with E-state index >= 15 is 0 Å². The molecule has 0 radical (unpaired) electrons. The highest BCUT2D eigenvalue weighted by atomic mass is 35.5. The van der Waals surface area contributed by atoms with Crippen LogP contribution in [0.5, 0.6) is 0 Å². The van der Waals surface area contributed by atoms with Gasteiger partial charge in [-0.25, -0.2) is 8.42 Å². The number of hydrogen-bond donors (Lipinski definition) is 1. The van der Waals surface area contributed by atoms with Gasteiger partial charge >= 0.3 is 6.18 Å². The van der Waals surface area contributed by atoms with Crippen molar-refractivity contribution in [2.45, 2.75) is 20.0 Å². The first-order valence-corrected chi connectivity index (χ1v) is 10.2. The summed E-state index contributed by atoms with van der Waals surface area (Å²) < 4.78 is 64.7. The van der Waals surface area contributed by atoms with Gasteiger partial charge in [-0.15, -0.1) is 0 Å². The Bertz CT molecular complexity index is 987. The van der Waals surface area contributed by atoms with Crippen molar-refractivity contribution in [3.8, 4) is 0 Å². The van der Waals surface area contributed by atoms with Gasteiger partial charge < -0.3 is 5.32 Å². The largest absolute Gasteiger partial charge is 0.418 e. The molecule has 1 amide bonds. The molecule has 2 aromatic rings. The van der Waals surface area contributed by atoms with E-state index in [0.717, 1.165) is 27.8 Å². The molecule has 0 bridgehead atoms. The Hall–Kier alpha value is -2.26. The van der Waals surface area contributed by atoms with Crippen LogP contribution in [0, 0.1) is 13.8 Å². The second kappa shape index (κ2) is 8.00. The van der Waals surface area contributed by atoms with E-state index in [4.69, 9.17) is 11.6 Å². The number of nitrogens with zero attached hydrogens (tertiary/aromatic N) is 1. The van der Waals surface area contributed by atoms with E-state index in [1.807, 2.05) is 6.07 Å². The fraction of sp³-hybridized carbons (Fsp3) is 0.278. The number of nitrogens with one attached hydrogen (secondary N) is 1. The molecule has 1 N–H and O–H groups in total. The summed E-state index contributed by atoms with van der Waals surface area (Å²) in [7, 11) is -3.85. The smallest absolute Gasteiger partial charge is 0.324 e. The molecule has 0 saturated carbocycles. The minimum atomic E-state index is -4.74. The average Bonchev–Trinajstić information content (AvgIpc) is 2.51. The van der Waals surface area contributed by atoms with Crippen molar-refractivity contribution in [2.75, 3.05) is 22.4 Å². The third kappa shape index (κ3) is 5.62. The third-order valence-electron chi connectivity index (χ3n) is 3.74. The number of sulfonamides is 1. The molecule has 152 valence electrons. The van der Waals surface area contributed by atoms with Gasteiger partial charge in [-0.2, -0.15) is 13.2 Å². The number of alkyl halides is 3. The second-order valence-electron chi connectivity index (χ2n) is 6.35. The number of carbonyl (C=O) groups excluding carboxylic acids is 1. The van der Waals surface area contributed by atoms with Gasteiger partial charge in [0.2, 0.25) is 15.9 Å². The van der Waals surface area contributed by atoms with Gasteiger partial charge in [0, 0.05) is 5.02 Å². The van der Waals surface area contributed by atoms with Gasteiger partial charge in [0.05, 0.1) is 23.2 Å². The maximum Gasteiger partial charge on any atom is 0.418 e. The molecule has 0 aliphatic carbocycles. The summed E-state index contributed by atoms with van der Waals surface area (Å²) in [4.78, 5) is 12.4. The highest BCUT2D eigenvalue weighted by molar-refractivity contribution is 7.92. The highest BCUT2D eigenvalue weighted by Crippen LogP contribution is 2.36. The molecule has 0 spiro atoms. The zero-order valence-electron chi connectivity index (χ0n) is 15.3. The molecule has 0 aliphatic heterocycles. The van der Waals surface area contributed by atoms with Crippen LogP contribution >= 0.6 is 11.6 Å². The standard InChI is InChI=1S/C18H18ClF3N2O3S/c1-11-6-12(2)8-14(7-11)24(28(3,26)27)10-17(25)23-16-5-4-13(19)9-15(16)18(20,21)22/h4-9H,10H2,1-3H3,(H,23,25). The Morgan fingerprint density at radius 2 is 1.68 bits per heavy atom. The van der Waals surface area contributed by atoms with Gasteiger partial charge in [-0.1, -0.05) is 17.7 Å². The Morgan fingerprint density at radius 3 is 2.18 bits per heavy atom. The number of anilines is 2. The van der Waals surface area contributed by atoms with Gasteiger partial charge in [-0.05, 0) is 55.3 Å². The Labute approximate surface area is 166 Å². The lowest BCUT2D eigenvalue weighted by Crippen LogP contribution is -2.37. The first kappa shape index (κ1) is 22.0. The molecule has 5 nitrogen and oxygen atoms in total. The normalized spacial score (nSPS) is 12.0. The molecule has 0 aliphatic rings. The van der Waals surface area contributed by atoms with E-state index in [0.29, 0.717) is 6.07 Å². The molecule has 0 fully saturated rings. The van der Waals surface area contributed by atoms with Gasteiger partial charge in [0.25, 0.3) is 0 Å². The predicted octanol–water partition coefficient (Wildman–Crippen LogP) is 4.38. The first-order valence-electron chi connectivity index (χ1n) is 8.00. The zero-order chi connectivity index (χ0) is 21.3. The number of benzene rings is 2. The topological polar surface area (TPSA) is 66.5 Å². The summed E-state index contributed by atoms with van der Waals surface area (Å²) >= 11 is 5.61. The van der Waals surface area contributed by atoms with E-state index in [9.17, 15) is 26.4 Å². The van der Waals surface area contributed by atoms with Crippen molar-refractivity contribution in [2.24, 2.45) is 0 Å². The molecule has 28 heavy (non-hydrogen) atoms. The van der Waals surface area contributed by atoms with Crippen molar-refractivity contribution in [1.82, 2.24) is 0 Å². The molecule has 2 aromatic carbocycles. The average molecular weight is 435 g/mol. The monoisotopic (exact) mass is 434 g/mol. The van der Waals surface area contributed by atoms with Crippen LogP contribution in [0.1, 0.15) is 16.7 Å². The quantitative estimate of drug-likeness (QED) is 0.759. The fourth-order valence-corrected chi connectivity index (χ4v) is 3.69. The van der Waals surface area contributed by atoms with Crippen molar-refractivity contribution in [3.05, 3.63) is 58.1 Å². The van der Waals surface area contributed by atoms with Crippen LogP contribution in [-0.2, 0) is 21.0 Å². The Kier molecular flexibility index (Phi) is 6.30. The van der Waals surface area contributed by atoms with Crippen LogP contribution in [-0.4, -0.2) is 27.1 Å². The van der Waals surface area contributed by atoms with Crippen molar-refractivity contribution >= 4 is 38.9 Å². The van der Waals surface area contributed by atoms with Crippen LogP contribution in [0.25, 0.3) is 0 Å². The summed E-state index contributed by atoms with van der Waals surface area (Å²) in [5, 5.41) is 1.98. The number of rotatable bonds is 5. The van der Waals surface area contributed by atoms with E-state index in [1.54, 1.807) is 26.0 Å². The molecule has 0 heterocycles. The van der Waals surface area contributed by atoms with Crippen LogP contribution in [0.2, 0.25) is 5.02 Å². The maximum atomic E-state index is 13.2. The molecule has 0 aromatic heterocycles. The van der Waals surface area contributed by atoms with E-state index in [2.05, 4.69) is 5.32 Å². The number of carbonyl (C=O) groups is 1. The Balaban J connectivity index is 2.34. The van der Waals surface area contributed by atoms with Crippen LogP contribution in [0.15, 0.2) is 36.4 Å². The fourth-order valence-electron chi connectivity index (χ4n) is 2.67. The summed E-state index contributed by atoms with van der Waals surface area (Å²) in [5.41, 5.74) is 0.186. The van der Waals surface area contributed by atoms with E-state index in [1.165, 1.54) is 6.07 Å². The minimum absolute atomic E-state index is 0.140. The predicted molar refractivity (Wildman–Crippen MR) is 103 cm³/mol. The van der Waals surface area contributed by atoms with Crippen molar-refractivity contribution in [3.63, 3.8) is 0 Å². The van der Waals surface area contributed by atoms with Crippen LogP contribution in [0.3, 0.4) is 0 Å². The van der Waals surface area contributed by atoms with Crippen LogP contribution in [0.4, 0.5) is 24.5 Å². The van der Waals surface area contributed by atoms with Gasteiger partial charge in [0.15, 0.2) is 0 Å². The lowest BCUT2D eigenvalue weighted by atomic mass is 10.1. The van der Waals surface area contributed by atoms with Gasteiger partial charge in [-0.3, -0.25) is 9.10 Å². The molecule has 0 saturated heterocycles. The Morgan fingerprint density at radius 1 is 1.11 bits per heavy atom. The summed E-state index contributed by atoms with van der Waals surface area (Å²) in [6, 6.07) is 7.88. The number of amides is 1. The van der Waals surface area contributed by atoms with E-state index in [-0.39, 0.29) is 10.7 Å². The molecule has 10 heteroatoms. The van der Waals surface area contributed by atoms with Crippen LogP contribution < -0.4 is 9.62 Å². The summed E-state index contributed by atoms with van der Waals surface area (Å²) in [5.74, 6) is -0.919. The molecular weight excluding hydrogens is 417 g/mol. The number of hydrogen-bond acceptors (Lipinski definition) is 3. The highest BCUT2D eigenvalue weighted by Gasteiger charge is 2.34. The van der Waals surface area contributed by atoms with Crippen molar-refractivity contribution < 1.29 is 26.4 Å². The molecule has 0 atom stereocenters. The maximum absolute atomic E-state index is 13.2. The number of halogens is 4. The summed E-state index contributed by atoms with van der Waals surface area (Å²) in [6.45, 7) is 2.85. The molecular formula is C18H18ClF3N2O3S. The molecule has 0 unspecified atom stereocenters. The first-order chi connectivity index (χ1) is 12.8. The number of aryl methyl sites for hydroxylation is 2. The lowest BCUT2D eigenvalue weighted by molar-refractivity contribution is -0.137. The zero-order valence-corrected chi connectivity index (χ0v) is 16.8. The van der Waals surface area contributed by atoms with E-state index < -0.39 is 39.9 Å².